The molecule has 1 atom stereocenters. The zero-order valence-electron chi connectivity index (χ0n) is 10.2. The lowest BCUT2D eigenvalue weighted by molar-refractivity contribution is 0.0141. The van der Waals surface area contributed by atoms with E-state index in [1.807, 2.05) is 4.90 Å². The van der Waals surface area contributed by atoms with Gasteiger partial charge in [-0.3, -0.25) is 0 Å². The van der Waals surface area contributed by atoms with Crippen molar-refractivity contribution in [3.05, 3.63) is 20.3 Å². The van der Waals surface area contributed by atoms with Gasteiger partial charge in [0.05, 0.1) is 20.8 Å². The summed E-state index contributed by atoms with van der Waals surface area (Å²) in [7, 11) is 0. The van der Waals surface area contributed by atoms with Crippen LogP contribution in [0.4, 0.5) is 4.79 Å². The summed E-state index contributed by atoms with van der Waals surface area (Å²) in [6.45, 7) is 2.61. The lowest BCUT2D eigenvalue weighted by Gasteiger charge is -2.49. The topological polar surface area (TPSA) is 41.6 Å². The predicted molar refractivity (Wildman–Crippen MR) is 76.1 cm³/mol. The van der Waals surface area contributed by atoms with Gasteiger partial charge in [0.2, 0.25) is 0 Å². The highest BCUT2D eigenvalue weighted by Gasteiger charge is 2.49. The van der Waals surface area contributed by atoms with Gasteiger partial charge in [0.15, 0.2) is 0 Å². The molecular formula is C12H14Cl2N2O2S. The first-order chi connectivity index (χ1) is 9.11. The first kappa shape index (κ1) is 13.5. The molecule has 0 saturated carbocycles. The standard InChI is InChI=1S/C12H14Cl2N2O2S/c13-9-5-8(10(14)19-9)6-15-11(17)16-3-1-12(16)2-4-18-7-12/h5H,1-4,6-7H2,(H,15,17). The second-order valence-electron chi connectivity index (χ2n) is 4.94. The van der Waals surface area contributed by atoms with Crippen LogP contribution in [0.25, 0.3) is 0 Å². The molecule has 1 N–H and O–H groups in total. The molecule has 1 unspecified atom stereocenters. The molecule has 3 heterocycles. The van der Waals surface area contributed by atoms with Crippen LogP contribution >= 0.6 is 34.5 Å². The molecule has 2 aliphatic rings. The number of amides is 2. The van der Waals surface area contributed by atoms with Crippen molar-refractivity contribution in [3.8, 4) is 0 Å². The van der Waals surface area contributed by atoms with Crippen molar-refractivity contribution < 1.29 is 9.53 Å². The molecule has 104 valence electrons. The van der Waals surface area contributed by atoms with Gasteiger partial charge in [-0.1, -0.05) is 23.2 Å². The van der Waals surface area contributed by atoms with Crippen LogP contribution in [0.1, 0.15) is 18.4 Å². The van der Waals surface area contributed by atoms with Crippen molar-refractivity contribution in [2.45, 2.75) is 24.9 Å². The average Bonchev–Trinajstić information content (AvgIpc) is 2.94. The van der Waals surface area contributed by atoms with E-state index in [9.17, 15) is 4.79 Å². The van der Waals surface area contributed by atoms with E-state index in [-0.39, 0.29) is 11.6 Å². The van der Waals surface area contributed by atoms with Gasteiger partial charge in [-0.25, -0.2) is 4.79 Å². The molecule has 0 bridgehead atoms. The Morgan fingerprint density at radius 2 is 2.37 bits per heavy atom. The minimum absolute atomic E-state index is 0.0462. The summed E-state index contributed by atoms with van der Waals surface area (Å²) in [5, 5.41) is 2.90. The van der Waals surface area contributed by atoms with E-state index in [0.29, 0.717) is 21.8 Å². The van der Waals surface area contributed by atoms with E-state index < -0.39 is 0 Å². The maximum Gasteiger partial charge on any atom is 0.318 e. The SMILES string of the molecule is O=C(NCc1cc(Cl)sc1Cl)N1CCC12CCOC2. The molecule has 2 aliphatic heterocycles. The number of hydrogen-bond donors (Lipinski definition) is 1. The summed E-state index contributed by atoms with van der Waals surface area (Å²) >= 11 is 13.2. The van der Waals surface area contributed by atoms with Crippen LogP contribution in [0.15, 0.2) is 6.07 Å². The number of carbonyl (C=O) groups is 1. The van der Waals surface area contributed by atoms with Crippen molar-refractivity contribution in [3.63, 3.8) is 0 Å². The Labute approximate surface area is 125 Å². The van der Waals surface area contributed by atoms with Gasteiger partial charge < -0.3 is 15.0 Å². The van der Waals surface area contributed by atoms with Crippen LogP contribution in [0.5, 0.6) is 0 Å². The normalized spacial score (nSPS) is 25.7. The Kier molecular flexibility index (Phi) is 3.64. The van der Waals surface area contributed by atoms with Gasteiger partial charge >= 0.3 is 6.03 Å². The second-order valence-corrected chi connectivity index (χ2v) is 7.22. The molecule has 4 nitrogen and oxygen atoms in total. The number of rotatable bonds is 2. The number of carbonyl (C=O) groups excluding carboxylic acids is 1. The fourth-order valence-corrected chi connectivity index (χ4v) is 4.11. The summed E-state index contributed by atoms with van der Waals surface area (Å²) in [5.41, 5.74) is 0.808. The maximum absolute atomic E-state index is 12.2. The molecule has 0 aromatic carbocycles. The molecule has 7 heteroatoms. The van der Waals surface area contributed by atoms with Gasteiger partial charge in [0.25, 0.3) is 0 Å². The van der Waals surface area contributed by atoms with Crippen molar-refractivity contribution >= 4 is 40.6 Å². The minimum Gasteiger partial charge on any atom is -0.379 e. The minimum atomic E-state index is -0.0554. The lowest BCUT2D eigenvalue weighted by Crippen LogP contribution is -2.64. The fourth-order valence-electron chi connectivity index (χ4n) is 2.62. The number of thiophene rings is 1. The number of urea groups is 1. The highest BCUT2D eigenvalue weighted by molar-refractivity contribution is 7.20. The quantitative estimate of drug-likeness (QED) is 0.909. The predicted octanol–water partition coefficient (Wildman–Crippen LogP) is 3.13. The number of hydrogen-bond acceptors (Lipinski definition) is 3. The third-order valence-corrected chi connectivity index (χ3v) is 5.43. The largest absolute Gasteiger partial charge is 0.379 e. The fraction of sp³-hybridized carbons (Fsp3) is 0.583. The molecular weight excluding hydrogens is 307 g/mol. The van der Waals surface area contributed by atoms with E-state index in [1.54, 1.807) is 6.07 Å². The van der Waals surface area contributed by atoms with Crippen molar-refractivity contribution in [2.24, 2.45) is 0 Å². The lowest BCUT2D eigenvalue weighted by atomic mass is 9.84. The van der Waals surface area contributed by atoms with Gasteiger partial charge in [-0.05, 0) is 18.9 Å². The number of ether oxygens (including phenoxy) is 1. The van der Waals surface area contributed by atoms with Crippen LogP contribution in [-0.4, -0.2) is 36.2 Å². The number of likely N-dealkylation sites (tertiary alicyclic amines) is 1. The Hall–Kier alpha value is -0.490. The van der Waals surface area contributed by atoms with Crippen molar-refractivity contribution in [1.82, 2.24) is 10.2 Å². The average molecular weight is 321 g/mol. The second kappa shape index (κ2) is 5.13. The number of nitrogens with zero attached hydrogens (tertiary/aromatic N) is 1. The Morgan fingerprint density at radius 3 is 2.89 bits per heavy atom. The molecule has 2 amide bonds. The van der Waals surface area contributed by atoms with Crippen LogP contribution < -0.4 is 5.32 Å². The monoisotopic (exact) mass is 320 g/mol. The first-order valence-corrected chi connectivity index (χ1v) is 7.75. The Morgan fingerprint density at radius 1 is 1.53 bits per heavy atom. The van der Waals surface area contributed by atoms with Crippen LogP contribution in [0.3, 0.4) is 0 Å². The maximum atomic E-state index is 12.2. The molecule has 19 heavy (non-hydrogen) atoms. The van der Waals surface area contributed by atoms with Gasteiger partial charge in [0, 0.05) is 25.3 Å². The molecule has 1 aromatic rings. The summed E-state index contributed by atoms with van der Waals surface area (Å²) in [6.07, 6.45) is 1.97. The van der Waals surface area contributed by atoms with E-state index in [4.69, 9.17) is 27.9 Å². The molecule has 2 fully saturated rings. The van der Waals surface area contributed by atoms with Gasteiger partial charge in [-0.2, -0.15) is 0 Å². The summed E-state index contributed by atoms with van der Waals surface area (Å²) < 4.78 is 6.68. The smallest absolute Gasteiger partial charge is 0.318 e. The third kappa shape index (κ3) is 2.44. The third-order valence-electron chi connectivity index (χ3n) is 3.86. The number of halogens is 2. The molecule has 3 rings (SSSR count). The molecule has 0 radical (unpaired) electrons. The van der Waals surface area contributed by atoms with Crippen molar-refractivity contribution in [1.29, 1.82) is 0 Å². The molecule has 0 aliphatic carbocycles. The summed E-state index contributed by atoms with van der Waals surface area (Å²) in [4.78, 5) is 14.0. The van der Waals surface area contributed by atoms with Gasteiger partial charge in [-0.15, -0.1) is 11.3 Å². The molecule has 1 aromatic heterocycles. The van der Waals surface area contributed by atoms with E-state index in [0.717, 1.165) is 31.6 Å². The van der Waals surface area contributed by atoms with Crippen molar-refractivity contribution in [2.75, 3.05) is 19.8 Å². The highest BCUT2D eigenvalue weighted by atomic mass is 35.5. The zero-order chi connectivity index (χ0) is 13.5. The molecule has 2 saturated heterocycles. The van der Waals surface area contributed by atoms with Crippen LogP contribution in [0.2, 0.25) is 8.67 Å². The summed E-state index contributed by atoms with van der Waals surface area (Å²) in [5.74, 6) is 0. The van der Waals surface area contributed by atoms with E-state index in [2.05, 4.69) is 5.32 Å². The number of nitrogens with one attached hydrogen (secondary N) is 1. The zero-order valence-corrected chi connectivity index (χ0v) is 12.6. The van der Waals surface area contributed by atoms with Crippen LogP contribution in [-0.2, 0) is 11.3 Å². The Bertz CT molecular complexity index is 500. The highest BCUT2D eigenvalue weighted by Crippen LogP contribution is 2.38. The summed E-state index contributed by atoms with van der Waals surface area (Å²) in [6, 6.07) is 1.74. The molecule has 1 spiro atoms. The van der Waals surface area contributed by atoms with E-state index >= 15 is 0 Å². The van der Waals surface area contributed by atoms with E-state index in [1.165, 1.54) is 11.3 Å². The van der Waals surface area contributed by atoms with Crippen LogP contribution in [0, 0.1) is 0 Å². The Balaban J connectivity index is 1.58. The van der Waals surface area contributed by atoms with Gasteiger partial charge in [0.1, 0.15) is 0 Å². The first-order valence-electron chi connectivity index (χ1n) is 6.18.